The molecule has 0 atom stereocenters. The zero-order chi connectivity index (χ0) is 10.6. The number of unbranched alkanes of at least 4 members (excludes halogenated alkanes) is 1. The van der Waals surface area contributed by atoms with Gasteiger partial charge in [-0.1, -0.05) is 20.3 Å². The van der Waals surface area contributed by atoms with E-state index in [0.717, 1.165) is 38.0 Å². The monoisotopic (exact) mass is 196 g/mol. The third kappa shape index (κ3) is 2.08. The Kier molecular flexibility index (Phi) is 3.98. The van der Waals surface area contributed by atoms with Gasteiger partial charge in [0.1, 0.15) is 0 Å². The van der Waals surface area contributed by atoms with E-state index < -0.39 is 0 Å². The Bertz CT molecular complexity index is 336. The summed E-state index contributed by atoms with van der Waals surface area (Å²) in [4.78, 5) is 11.6. The molecule has 0 saturated carbocycles. The zero-order valence-corrected chi connectivity index (χ0v) is 9.42. The van der Waals surface area contributed by atoms with Crippen molar-refractivity contribution in [2.45, 2.75) is 53.1 Å². The first-order valence-electron chi connectivity index (χ1n) is 5.54. The number of rotatable bonds is 5. The van der Waals surface area contributed by atoms with E-state index >= 15 is 0 Å². The van der Waals surface area contributed by atoms with E-state index in [9.17, 15) is 4.79 Å². The van der Waals surface area contributed by atoms with Gasteiger partial charge in [-0.05, 0) is 19.8 Å². The normalized spacial score (nSPS) is 10.8. The summed E-state index contributed by atoms with van der Waals surface area (Å²) in [5.41, 5.74) is 1.30. The maximum atomic E-state index is 11.6. The van der Waals surface area contributed by atoms with E-state index in [1.54, 1.807) is 6.07 Å². The van der Waals surface area contributed by atoms with Crippen molar-refractivity contribution in [1.29, 1.82) is 0 Å². The number of aromatic nitrogens is 2. The third-order valence-electron chi connectivity index (χ3n) is 2.55. The number of hydrogen-bond donors (Lipinski definition) is 0. The molecule has 0 aliphatic carbocycles. The first kappa shape index (κ1) is 11.1. The van der Waals surface area contributed by atoms with Crippen LogP contribution in [0.15, 0.2) is 10.9 Å². The van der Waals surface area contributed by atoms with Gasteiger partial charge in [0, 0.05) is 24.8 Å². The van der Waals surface area contributed by atoms with Gasteiger partial charge in [-0.15, -0.1) is 0 Å². The molecule has 1 aromatic heterocycles. The summed E-state index contributed by atoms with van der Waals surface area (Å²) >= 11 is 0. The molecule has 1 aromatic rings. The molecule has 80 valence electrons. The van der Waals surface area contributed by atoms with Gasteiger partial charge >= 0.3 is 0 Å². The summed E-state index contributed by atoms with van der Waals surface area (Å²) in [6, 6.07) is 1.76. The number of aryl methyl sites for hydroxylation is 1. The summed E-state index contributed by atoms with van der Waals surface area (Å²) in [7, 11) is 0. The fourth-order valence-corrected chi connectivity index (χ4v) is 1.76. The Morgan fingerprint density at radius 2 is 1.93 bits per heavy atom. The van der Waals surface area contributed by atoms with Crippen LogP contribution in [0.5, 0.6) is 0 Å². The molecule has 3 nitrogen and oxygen atoms in total. The lowest BCUT2D eigenvalue weighted by atomic mass is 10.3. The molecule has 0 saturated heterocycles. The molecular weight excluding hydrogens is 176 g/mol. The molecule has 0 amide bonds. The van der Waals surface area contributed by atoms with Crippen molar-refractivity contribution in [3.63, 3.8) is 0 Å². The van der Waals surface area contributed by atoms with E-state index in [-0.39, 0.29) is 5.56 Å². The van der Waals surface area contributed by atoms with Crippen LogP contribution in [0.25, 0.3) is 0 Å². The Morgan fingerprint density at radius 3 is 2.43 bits per heavy atom. The average Bonchev–Trinajstić information content (AvgIpc) is 2.51. The summed E-state index contributed by atoms with van der Waals surface area (Å²) in [5, 5.41) is 0. The molecule has 1 rings (SSSR count). The molecule has 0 aliphatic heterocycles. The Morgan fingerprint density at radius 1 is 1.21 bits per heavy atom. The highest BCUT2D eigenvalue weighted by molar-refractivity contribution is 5.02. The zero-order valence-electron chi connectivity index (χ0n) is 9.42. The molecule has 1 heterocycles. The topological polar surface area (TPSA) is 26.9 Å². The van der Waals surface area contributed by atoms with Gasteiger partial charge in [0.05, 0.1) is 0 Å². The van der Waals surface area contributed by atoms with Crippen LogP contribution in [0.3, 0.4) is 0 Å². The maximum absolute atomic E-state index is 11.6. The fourth-order valence-electron chi connectivity index (χ4n) is 1.76. The lowest BCUT2D eigenvalue weighted by Gasteiger charge is -2.11. The minimum Gasteiger partial charge on any atom is -0.287 e. The van der Waals surface area contributed by atoms with Crippen molar-refractivity contribution < 1.29 is 0 Å². The van der Waals surface area contributed by atoms with Crippen molar-refractivity contribution in [2.24, 2.45) is 0 Å². The van der Waals surface area contributed by atoms with Crippen LogP contribution in [-0.2, 0) is 19.5 Å². The second-order valence-corrected chi connectivity index (χ2v) is 3.52. The first-order valence-corrected chi connectivity index (χ1v) is 5.54. The van der Waals surface area contributed by atoms with Gasteiger partial charge in [-0.25, -0.2) is 0 Å². The summed E-state index contributed by atoms with van der Waals surface area (Å²) in [5.74, 6) is 0. The molecule has 0 aromatic carbocycles. The lowest BCUT2D eigenvalue weighted by molar-refractivity contribution is 0.432. The van der Waals surface area contributed by atoms with Crippen molar-refractivity contribution in [3.8, 4) is 0 Å². The lowest BCUT2D eigenvalue weighted by Crippen LogP contribution is -2.23. The quantitative estimate of drug-likeness (QED) is 0.708. The maximum Gasteiger partial charge on any atom is 0.266 e. The SMILES string of the molecule is CCCCn1c(=O)cc(CC)n1CC. The van der Waals surface area contributed by atoms with Crippen LogP contribution >= 0.6 is 0 Å². The van der Waals surface area contributed by atoms with Gasteiger partial charge in [0.25, 0.3) is 5.56 Å². The van der Waals surface area contributed by atoms with Crippen molar-refractivity contribution in [1.82, 2.24) is 9.36 Å². The van der Waals surface area contributed by atoms with Crippen LogP contribution in [0.1, 0.15) is 39.3 Å². The fraction of sp³-hybridized carbons (Fsp3) is 0.727. The average molecular weight is 196 g/mol. The minimum atomic E-state index is 0.150. The van der Waals surface area contributed by atoms with E-state index in [2.05, 4.69) is 25.5 Å². The van der Waals surface area contributed by atoms with Crippen molar-refractivity contribution in [3.05, 3.63) is 22.1 Å². The second-order valence-electron chi connectivity index (χ2n) is 3.52. The smallest absolute Gasteiger partial charge is 0.266 e. The van der Waals surface area contributed by atoms with Crippen LogP contribution in [0.4, 0.5) is 0 Å². The Hall–Kier alpha value is -0.990. The summed E-state index contributed by atoms with van der Waals surface area (Å²) < 4.78 is 3.96. The van der Waals surface area contributed by atoms with E-state index in [0.29, 0.717) is 0 Å². The molecule has 0 bridgehead atoms. The van der Waals surface area contributed by atoms with Gasteiger partial charge in [0.2, 0.25) is 0 Å². The second kappa shape index (κ2) is 5.03. The first-order chi connectivity index (χ1) is 6.74. The molecule has 14 heavy (non-hydrogen) atoms. The highest BCUT2D eigenvalue weighted by Gasteiger charge is 2.06. The van der Waals surface area contributed by atoms with E-state index in [1.165, 1.54) is 0 Å². The minimum absolute atomic E-state index is 0.150. The number of nitrogens with zero attached hydrogens (tertiary/aromatic N) is 2. The molecule has 3 heteroatoms. The highest BCUT2D eigenvalue weighted by atomic mass is 16.1. The largest absolute Gasteiger partial charge is 0.287 e. The highest BCUT2D eigenvalue weighted by Crippen LogP contribution is 2.01. The Balaban J connectivity index is 3.00. The van der Waals surface area contributed by atoms with E-state index in [4.69, 9.17) is 0 Å². The van der Waals surface area contributed by atoms with Crippen LogP contribution in [0.2, 0.25) is 0 Å². The third-order valence-corrected chi connectivity index (χ3v) is 2.55. The molecule has 0 N–H and O–H groups in total. The molecule has 0 spiro atoms. The standard InChI is InChI=1S/C11H20N2O/c1-4-7-8-13-11(14)9-10(5-2)12(13)6-3/h9H,4-8H2,1-3H3. The molecular formula is C11H20N2O. The predicted octanol–water partition coefficient (Wildman–Crippen LogP) is 2.03. The summed E-state index contributed by atoms with van der Waals surface area (Å²) in [6.45, 7) is 8.05. The van der Waals surface area contributed by atoms with Crippen molar-refractivity contribution >= 4 is 0 Å². The Labute approximate surface area is 85.3 Å². The van der Waals surface area contributed by atoms with Crippen LogP contribution in [-0.4, -0.2) is 9.36 Å². The van der Waals surface area contributed by atoms with Gasteiger partial charge in [0.15, 0.2) is 0 Å². The van der Waals surface area contributed by atoms with Crippen LogP contribution < -0.4 is 5.56 Å². The summed E-state index contributed by atoms with van der Waals surface area (Å²) in [6.07, 6.45) is 3.14. The van der Waals surface area contributed by atoms with Crippen molar-refractivity contribution in [2.75, 3.05) is 0 Å². The van der Waals surface area contributed by atoms with Gasteiger partial charge in [-0.3, -0.25) is 14.2 Å². The molecule has 0 radical (unpaired) electrons. The molecule has 0 unspecified atom stereocenters. The molecule has 0 aliphatic rings. The van der Waals surface area contributed by atoms with E-state index in [1.807, 2.05) is 4.68 Å². The molecule has 0 fully saturated rings. The number of hydrogen-bond acceptors (Lipinski definition) is 1. The van der Waals surface area contributed by atoms with Gasteiger partial charge < -0.3 is 0 Å². The van der Waals surface area contributed by atoms with Gasteiger partial charge in [-0.2, -0.15) is 0 Å². The predicted molar refractivity (Wildman–Crippen MR) is 58.7 cm³/mol. The van der Waals surface area contributed by atoms with Crippen LogP contribution in [0, 0.1) is 0 Å².